The minimum atomic E-state index is 0.374. The van der Waals surface area contributed by atoms with Crippen LogP contribution in [0.25, 0.3) is 0 Å². The predicted octanol–water partition coefficient (Wildman–Crippen LogP) is 4.87. The highest BCUT2D eigenvalue weighted by Gasteiger charge is 2.57. The van der Waals surface area contributed by atoms with Crippen molar-refractivity contribution in [1.29, 1.82) is 0 Å². The minimum Gasteiger partial charge on any atom is -0.370 e. The van der Waals surface area contributed by atoms with Crippen LogP contribution in [0.15, 0.2) is 52.5 Å². The molecule has 1 aliphatic carbocycles. The molecule has 2 atom stereocenters. The molecule has 2 nitrogen and oxygen atoms in total. The highest BCUT2D eigenvalue weighted by Crippen LogP contribution is 2.52. The van der Waals surface area contributed by atoms with Gasteiger partial charge in [-0.2, -0.15) is 0 Å². The maximum absolute atomic E-state index is 3.54. The molecule has 2 heterocycles. The largest absolute Gasteiger partial charge is 0.370 e. The number of halogens is 1. The van der Waals surface area contributed by atoms with Crippen molar-refractivity contribution < 1.29 is 0 Å². The molecule has 2 saturated heterocycles. The standard InChI is InChI=1S/C21H27BrN2/c1-20-13-23(12-17-6-4-3-5-7-17)14-21(20,2)16-24(15-20)19-10-8-18(22)9-11-19/h4,6-11H,3,5,12-16H2,1-2H3/t20-,21+. The third-order valence-electron chi connectivity index (χ3n) is 6.35. The fourth-order valence-electron chi connectivity index (χ4n) is 4.79. The van der Waals surface area contributed by atoms with E-state index >= 15 is 0 Å². The van der Waals surface area contributed by atoms with Crippen LogP contribution < -0.4 is 4.90 Å². The first-order valence-corrected chi connectivity index (χ1v) is 9.85. The number of hydrogen-bond acceptors (Lipinski definition) is 2. The van der Waals surface area contributed by atoms with Crippen LogP contribution in [-0.2, 0) is 0 Å². The van der Waals surface area contributed by atoms with Crippen LogP contribution in [0, 0.1) is 10.8 Å². The van der Waals surface area contributed by atoms with E-state index < -0.39 is 0 Å². The first-order valence-electron chi connectivity index (χ1n) is 9.06. The third kappa shape index (κ3) is 2.86. The summed E-state index contributed by atoms with van der Waals surface area (Å²) in [5.41, 5.74) is 3.62. The maximum Gasteiger partial charge on any atom is 0.0367 e. The zero-order valence-electron chi connectivity index (χ0n) is 14.8. The zero-order valence-corrected chi connectivity index (χ0v) is 16.3. The van der Waals surface area contributed by atoms with Gasteiger partial charge in [-0.15, -0.1) is 0 Å². The Labute approximate surface area is 154 Å². The molecule has 0 saturated carbocycles. The summed E-state index contributed by atoms with van der Waals surface area (Å²) in [5.74, 6) is 0. The Balaban J connectivity index is 1.47. The second-order valence-corrected chi connectivity index (χ2v) is 9.27. The lowest BCUT2D eigenvalue weighted by Crippen LogP contribution is -2.34. The lowest BCUT2D eigenvalue weighted by Gasteiger charge is -2.30. The zero-order chi connectivity index (χ0) is 16.8. The van der Waals surface area contributed by atoms with Gasteiger partial charge >= 0.3 is 0 Å². The molecule has 1 aromatic rings. The average Bonchev–Trinajstić information content (AvgIpc) is 2.93. The van der Waals surface area contributed by atoms with Gasteiger partial charge in [-0.1, -0.05) is 48.0 Å². The SMILES string of the molecule is C[C@@]12CN(CC3=CCCC=C3)C[C@]1(C)CN(c1ccc(Br)cc1)C2. The fraction of sp³-hybridized carbons (Fsp3) is 0.524. The number of likely N-dealkylation sites (tertiary alicyclic amines) is 1. The van der Waals surface area contributed by atoms with Crippen molar-refractivity contribution in [3.8, 4) is 0 Å². The van der Waals surface area contributed by atoms with Gasteiger partial charge in [0.25, 0.3) is 0 Å². The summed E-state index contributed by atoms with van der Waals surface area (Å²) in [5, 5.41) is 0. The molecule has 0 bridgehead atoms. The van der Waals surface area contributed by atoms with Crippen LogP contribution in [0.1, 0.15) is 26.7 Å². The van der Waals surface area contributed by atoms with Crippen molar-refractivity contribution in [2.45, 2.75) is 26.7 Å². The van der Waals surface area contributed by atoms with Gasteiger partial charge in [-0.3, -0.25) is 4.90 Å². The third-order valence-corrected chi connectivity index (χ3v) is 6.88. The second kappa shape index (κ2) is 6.03. The van der Waals surface area contributed by atoms with E-state index in [9.17, 15) is 0 Å². The molecule has 128 valence electrons. The quantitative estimate of drug-likeness (QED) is 0.730. The maximum atomic E-state index is 3.54. The van der Waals surface area contributed by atoms with E-state index in [1.165, 1.54) is 37.2 Å². The minimum absolute atomic E-state index is 0.374. The molecule has 1 aromatic carbocycles. The highest BCUT2D eigenvalue weighted by atomic mass is 79.9. The van der Waals surface area contributed by atoms with Gasteiger partial charge in [0, 0.05) is 53.7 Å². The van der Waals surface area contributed by atoms with Crippen LogP contribution in [0.5, 0.6) is 0 Å². The molecule has 0 N–H and O–H groups in total. The molecule has 24 heavy (non-hydrogen) atoms. The van der Waals surface area contributed by atoms with Gasteiger partial charge < -0.3 is 4.90 Å². The Hall–Kier alpha value is -1.06. The van der Waals surface area contributed by atoms with Crippen LogP contribution in [-0.4, -0.2) is 37.6 Å². The van der Waals surface area contributed by atoms with E-state index in [1.54, 1.807) is 0 Å². The number of rotatable bonds is 3. The molecular weight excluding hydrogens is 360 g/mol. The summed E-state index contributed by atoms with van der Waals surface area (Å²) in [4.78, 5) is 5.27. The van der Waals surface area contributed by atoms with E-state index in [0.29, 0.717) is 10.8 Å². The number of allylic oxidation sites excluding steroid dienone is 2. The van der Waals surface area contributed by atoms with E-state index in [2.05, 4.69) is 82.1 Å². The summed E-state index contributed by atoms with van der Waals surface area (Å²) in [7, 11) is 0. The van der Waals surface area contributed by atoms with Gasteiger partial charge in [-0.05, 0) is 42.7 Å². The number of hydrogen-bond donors (Lipinski definition) is 0. The van der Waals surface area contributed by atoms with Crippen LogP contribution in [0.4, 0.5) is 5.69 Å². The van der Waals surface area contributed by atoms with E-state index in [0.717, 1.165) is 24.1 Å². The number of fused-ring (bicyclic) bond motifs is 1. The summed E-state index contributed by atoms with van der Waals surface area (Å²) in [6, 6.07) is 8.80. The first kappa shape index (κ1) is 16.4. The van der Waals surface area contributed by atoms with Gasteiger partial charge in [0.05, 0.1) is 0 Å². The first-order chi connectivity index (χ1) is 11.5. The number of anilines is 1. The predicted molar refractivity (Wildman–Crippen MR) is 105 cm³/mol. The fourth-order valence-corrected chi connectivity index (χ4v) is 5.06. The smallest absolute Gasteiger partial charge is 0.0367 e. The van der Waals surface area contributed by atoms with E-state index in [4.69, 9.17) is 0 Å². The Kier molecular flexibility index (Phi) is 4.12. The number of benzene rings is 1. The van der Waals surface area contributed by atoms with Crippen molar-refractivity contribution in [1.82, 2.24) is 4.90 Å². The summed E-state index contributed by atoms with van der Waals surface area (Å²) < 4.78 is 1.16. The molecule has 2 fully saturated rings. The lowest BCUT2D eigenvalue weighted by atomic mass is 9.71. The number of nitrogens with zero attached hydrogens (tertiary/aromatic N) is 2. The van der Waals surface area contributed by atoms with Gasteiger partial charge in [-0.25, -0.2) is 0 Å². The topological polar surface area (TPSA) is 6.48 Å². The molecule has 0 spiro atoms. The molecule has 3 aliphatic rings. The van der Waals surface area contributed by atoms with Gasteiger partial charge in [0.2, 0.25) is 0 Å². The van der Waals surface area contributed by atoms with Crippen molar-refractivity contribution in [3.05, 3.63) is 52.5 Å². The van der Waals surface area contributed by atoms with Crippen molar-refractivity contribution in [3.63, 3.8) is 0 Å². The monoisotopic (exact) mass is 386 g/mol. The van der Waals surface area contributed by atoms with Crippen molar-refractivity contribution >= 4 is 21.6 Å². The second-order valence-electron chi connectivity index (χ2n) is 8.36. The highest BCUT2D eigenvalue weighted by molar-refractivity contribution is 9.10. The molecule has 4 rings (SSSR count). The normalized spacial score (nSPS) is 33.0. The summed E-state index contributed by atoms with van der Waals surface area (Å²) >= 11 is 3.54. The lowest BCUT2D eigenvalue weighted by molar-refractivity contribution is 0.212. The molecule has 0 radical (unpaired) electrons. The Morgan fingerprint density at radius 2 is 1.62 bits per heavy atom. The van der Waals surface area contributed by atoms with E-state index in [-0.39, 0.29) is 0 Å². The van der Waals surface area contributed by atoms with Crippen LogP contribution in [0.3, 0.4) is 0 Å². The molecule has 0 aromatic heterocycles. The Morgan fingerprint density at radius 1 is 0.958 bits per heavy atom. The van der Waals surface area contributed by atoms with Crippen molar-refractivity contribution in [2.75, 3.05) is 37.6 Å². The molecule has 0 unspecified atom stereocenters. The van der Waals surface area contributed by atoms with Crippen LogP contribution >= 0.6 is 15.9 Å². The van der Waals surface area contributed by atoms with Gasteiger partial charge in [0.1, 0.15) is 0 Å². The Bertz CT molecular complexity index is 658. The molecule has 0 amide bonds. The average molecular weight is 387 g/mol. The summed E-state index contributed by atoms with van der Waals surface area (Å²) in [6.45, 7) is 10.9. The molecule has 2 aliphatic heterocycles. The molecule has 3 heteroatoms. The van der Waals surface area contributed by atoms with E-state index in [1.807, 2.05) is 0 Å². The summed E-state index contributed by atoms with van der Waals surface area (Å²) in [6.07, 6.45) is 9.50. The Morgan fingerprint density at radius 3 is 2.21 bits per heavy atom. The van der Waals surface area contributed by atoms with Crippen LogP contribution in [0.2, 0.25) is 0 Å². The van der Waals surface area contributed by atoms with Crippen molar-refractivity contribution in [2.24, 2.45) is 10.8 Å². The molecular formula is C21H27BrN2. The van der Waals surface area contributed by atoms with Gasteiger partial charge in [0.15, 0.2) is 0 Å².